The van der Waals surface area contributed by atoms with Gasteiger partial charge in [-0.05, 0) is 17.7 Å². The van der Waals surface area contributed by atoms with Crippen molar-refractivity contribution in [2.45, 2.75) is 0 Å². The lowest BCUT2D eigenvalue weighted by Gasteiger charge is -1.97. The molecule has 66 valence electrons. The minimum atomic E-state index is 0.00155. The Balaban J connectivity index is 2.97. The summed E-state index contributed by atoms with van der Waals surface area (Å²) >= 11 is 0. The molecule has 0 aliphatic rings. The molecule has 0 saturated carbocycles. The Labute approximate surface area is 76.7 Å². The average Bonchev–Trinajstić information content (AvgIpc) is 2.15. The van der Waals surface area contributed by atoms with Crippen molar-refractivity contribution < 1.29 is 5.11 Å². The Hall–Kier alpha value is -1.79. The first-order valence-electron chi connectivity index (χ1n) is 3.87. The largest absolute Gasteiger partial charge is 0.507 e. The summed E-state index contributed by atoms with van der Waals surface area (Å²) in [7, 11) is 0. The van der Waals surface area contributed by atoms with Crippen LogP contribution in [-0.4, -0.2) is 11.7 Å². The maximum absolute atomic E-state index is 9.30. The predicted octanol–water partition coefficient (Wildman–Crippen LogP) is 1.24. The number of hydrogen-bond donors (Lipinski definition) is 2. The maximum Gasteiger partial charge on any atom is 0.133 e. The number of phenols is 1. The molecule has 0 aliphatic carbocycles. The first-order chi connectivity index (χ1) is 6.27. The molecule has 1 aromatic rings. The normalized spacial score (nSPS) is 10.2. The average molecular weight is 174 g/mol. The number of nitrogens with zero attached hydrogens (tertiary/aromatic N) is 1. The van der Waals surface area contributed by atoms with E-state index in [1.54, 1.807) is 24.3 Å². The van der Waals surface area contributed by atoms with Crippen LogP contribution >= 0.6 is 0 Å². The van der Waals surface area contributed by atoms with Gasteiger partial charge in [-0.15, -0.1) is 0 Å². The van der Waals surface area contributed by atoms with E-state index in [0.717, 1.165) is 5.56 Å². The molecule has 1 rings (SSSR count). The molecule has 0 bridgehead atoms. The Bertz CT molecular complexity index is 364. The third-order valence-electron chi connectivity index (χ3n) is 1.59. The summed E-state index contributed by atoms with van der Waals surface area (Å²) in [5, 5.41) is 17.8. The summed E-state index contributed by atoms with van der Waals surface area (Å²) in [6.45, 7) is 0.459. The van der Waals surface area contributed by atoms with E-state index in [0.29, 0.717) is 6.54 Å². The fourth-order valence-electron chi connectivity index (χ4n) is 0.951. The van der Waals surface area contributed by atoms with E-state index in [-0.39, 0.29) is 11.3 Å². The summed E-state index contributed by atoms with van der Waals surface area (Å²) in [4.78, 5) is 0. The van der Waals surface area contributed by atoms with Gasteiger partial charge in [0.15, 0.2) is 0 Å². The van der Waals surface area contributed by atoms with Crippen LogP contribution in [0.5, 0.6) is 5.75 Å². The van der Waals surface area contributed by atoms with Gasteiger partial charge < -0.3 is 10.8 Å². The van der Waals surface area contributed by atoms with Gasteiger partial charge in [0.05, 0.1) is 5.56 Å². The van der Waals surface area contributed by atoms with Gasteiger partial charge in [-0.1, -0.05) is 18.2 Å². The first kappa shape index (κ1) is 9.30. The zero-order valence-electron chi connectivity index (χ0n) is 7.07. The smallest absolute Gasteiger partial charge is 0.133 e. The molecule has 0 aromatic heterocycles. The number of aromatic hydroxyl groups is 1. The monoisotopic (exact) mass is 174 g/mol. The van der Waals surface area contributed by atoms with Crippen LogP contribution in [0.15, 0.2) is 24.3 Å². The van der Waals surface area contributed by atoms with E-state index >= 15 is 0 Å². The van der Waals surface area contributed by atoms with Crippen molar-refractivity contribution in [3.63, 3.8) is 0 Å². The highest BCUT2D eigenvalue weighted by molar-refractivity contribution is 5.55. The van der Waals surface area contributed by atoms with Crippen molar-refractivity contribution in [3.8, 4) is 11.8 Å². The molecule has 0 atom stereocenters. The van der Waals surface area contributed by atoms with Gasteiger partial charge in [-0.3, -0.25) is 0 Å². The van der Waals surface area contributed by atoms with Crippen LogP contribution in [0.1, 0.15) is 11.1 Å². The van der Waals surface area contributed by atoms with Gasteiger partial charge in [0, 0.05) is 6.54 Å². The zero-order valence-corrected chi connectivity index (χ0v) is 7.07. The summed E-state index contributed by atoms with van der Waals surface area (Å²) in [6, 6.07) is 6.74. The molecule has 3 heteroatoms. The lowest BCUT2D eigenvalue weighted by Crippen LogP contribution is -1.91. The highest BCUT2D eigenvalue weighted by Crippen LogP contribution is 2.18. The van der Waals surface area contributed by atoms with Crippen LogP contribution in [0.3, 0.4) is 0 Å². The van der Waals surface area contributed by atoms with Gasteiger partial charge in [0.2, 0.25) is 0 Å². The molecule has 0 heterocycles. The first-order valence-corrected chi connectivity index (χ1v) is 3.87. The van der Waals surface area contributed by atoms with Crippen LogP contribution in [0.25, 0.3) is 6.08 Å². The van der Waals surface area contributed by atoms with Crippen LogP contribution in [0.2, 0.25) is 0 Å². The van der Waals surface area contributed by atoms with Crippen LogP contribution in [-0.2, 0) is 0 Å². The van der Waals surface area contributed by atoms with E-state index in [4.69, 9.17) is 11.0 Å². The fourth-order valence-corrected chi connectivity index (χ4v) is 0.951. The molecule has 0 unspecified atom stereocenters. The van der Waals surface area contributed by atoms with Crippen molar-refractivity contribution in [2.24, 2.45) is 5.73 Å². The Kier molecular flexibility index (Phi) is 3.07. The molecule has 3 N–H and O–H groups in total. The van der Waals surface area contributed by atoms with Crippen LogP contribution in [0, 0.1) is 11.3 Å². The molecule has 0 aliphatic heterocycles. The van der Waals surface area contributed by atoms with E-state index in [1.165, 1.54) is 6.07 Å². The van der Waals surface area contributed by atoms with Gasteiger partial charge >= 0.3 is 0 Å². The number of phenolic OH excluding ortho intramolecular Hbond substituents is 1. The van der Waals surface area contributed by atoms with E-state index in [9.17, 15) is 5.11 Å². The van der Waals surface area contributed by atoms with Gasteiger partial charge in [0.1, 0.15) is 11.8 Å². The topological polar surface area (TPSA) is 70.0 Å². The number of nitrogens with two attached hydrogens (primary N) is 1. The molecule has 3 nitrogen and oxygen atoms in total. The van der Waals surface area contributed by atoms with Crippen molar-refractivity contribution in [2.75, 3.05) is 6.54 Å². The highest BCUT2D eigenvalue weighted by Gasteiger charge is 1.98. The van der Waals surface area contributed by atoms with Gasteiger partial charge in [-0.25, -0.2) is 0 Å². The second-order valence-corrected chi connectivity index (χ2v) is 2.53. The molecular formula is C10H10N2O. The van der Waals surface area contributed by atoms with Crippen molar-refractivity contribution in [1.82, 2.24) is 0 Å². The van der Waals surface area contributed by atoms with Gasteiger partial charge in [0.25, 0.3) is 0 Å². The number of nitriles is 1. The third-order valence-corrected chi connectivity index (χ3v) is 1.59. The molecular weight excluding hydrogens is 164 g/mol. The predicted molar refractivity (Wildman–Crippen MR) is 50.9 cm³/mol. The lowest BCUT2D eigenvalue weighted by molar-refractivity contribution is 0.473. The second-order valence-electron chi connectivity index (χ2n) is 2.53. The quantitative estimate of drug-likeness (QED) is 0.708. The molecule has 0 saturated heterocycles. The third kappa shape index (κ3) is 2.32. The number of rotatable bonds is 2. The van der Waals surface area contributed by atoms with Crippen molar-refractivity contribution in [1.29, 1.82) is 5.26 Å². The Morgan fingerprint density at radius 2 is 2.31 bits per heavy atom. The van der Waals surface area contributed by atoms with E-state index in [1.807, 2.05) is 6.07 Å². The minimum absolute atomic E-state index is 0.00155. The summed E-state index contributed by atoms with van der Waals surface area (Å²) in [6.07, 6.45) is 3.57. The number of benzene rings is 1. The van der Waals surface area contributed by atoms with E-state index in [2.05, 4.69) is 0 Å². The standard InChI is InChI=1S/C10H10N2O/c11-5-1-2-8-3-4-9(7-12)10(13)6-8/h1-4,6,13H,5,11H2. The van der Waals surface area contributed by atoms with Crippen molar-refractivity contribution in [3.05, 3.63) is 35.4 Å². The SMILES string of the molecule is N#Cc1ccc(C=CCN)cc1O. The van der Waals surface area contributed by atoms with Crippen LogP contribution in [0.4, 0.5) is 0 Å². The fraction of sp³-hybridized carbons (Fsp3) is 0.100. The Morgan fingerprint density at radius 1 is 1.54 bits per heavy atom. The molecule has 0 fully saturated rings. The highest BCUT2D eigenvalue weighted by atomic mass is 16.3. The Morgan fingerprint density at radius 3 is 2.85 bits per heavy atom. The van der Waals surface area contributed by atoms with Crippen molar-refractivity contribution >= 4 is 6.08 Å². The van der Waals surface area contributed by atoms with Gasteiger partial charge in [-0.2, -0.15) is 5.26 Å². The van der Waals surface area contributed by atoms with Crippen LogP contribution < -0.4 is 5.73 Å². The second kappa shape index (κ2) is 4.29. The molecule has 0 spiro atoms. The summed E-state index contributed by atoms with van der Waals surface area (Å²) in [5.41, 5.74) is 6.39. The lowest BCUT2D eigenvalue weighted by atomic mass is 10.1. The summed E-state index contributed by atoms with van der Waals surface area (Å²) in [5.74, 6) is 0.00155. The molecule has 13 heavy (non-hydrogen) atoms. The zero-order chi connectivity index (χ0) is 9.68. The minimum Gasteiger partial charge on any atom is -0.507 e. The maximum atomic E-state index is 9.30. The molecule has 0 amide bonds. The van der Waals surface area contributed by atoms with E-state index < -0.39 is 0 Å². The molecule has 0 radical (unpaired) electrons. The number of hydrogen-bond acceptors (Lipinski definition) is 3. The summed E-state index contributed by atoms with van der Waals surface area (Å²) < 4.78 is 0. The molecule has 1 aromatic carbocycles.